The van der Waals surface area contributed by atoms with Gasteiger partial charge >= 0.3 is 0 Å². The first kappa shape index (κ1) is 26.0. The number of para-hydroxylation sites is 1. The lowest BCUT2D eigenvalue weighted by Gasteiger charge is -2.26. The highest BCUT2D eigenvalue weighted by Gasteiger charge is 2.23. The van der Waals surface area contributed by atoms with Gasteiger partial charge in [0.25, 0.3) is 0 Å². The topological polar surface area (TPSA) is 75.6 Å². The number of pyridine rings is 3. The van der Waals surface area contributed by atoms with Crippen molar-refractivity contribution < 1.29 is 20.9 Å². The number of hydrogen-bond donors (Lipinski definition) is 0. The third kappa shape index (κ3) is 8.30. The molecule has 0 fully saturated rings. The zero-order chi connectivity index (χ0) is 50.9. The number of fused-ring (bicyclic) bond motifs is 3. The Morgan fingerprint density at radius 2 is 1.17 bits per heavy atom. The Kier molecular flexibility index (Phi) is 7.20. The maximum atomic E-state index is 9.83. The van der Waals surface area contributed by atoms with E-state index in [1.807, 2.05) is 66.7 Å². The molecule has 0 amide bonds. The summed E-state index contributed by atoms with van der Waals surface area (Å²) in [6, 6.07) is 39.6. The summed E-state index contributed by atoms with van der Waals surface area (Å²) >= 11 is 0. The molecule has 0 spiro atoms. The minimum atomic E-state index is -2.98. The smallest absolute Gasteiger partial charge is 0.144 e. The summed E-state index contributed by atoms with van der Waals surface area (Å²) in [6.07, 6.45) is -10.1. The molecule has 0 aliphatic carbocycles. The molecule has 5 nitrogen and oxygen atoms in total. The molecule has 0 N–H and O–H groups in total. The van der Waals surface area contributed by atoms with Crippen molar-refractivity contribution in [3.05, 3.63) is 209 Å². The van der Waals surface area contributed by atoms with E-state index in [0.717, 1.165) is 17.2 Å². The van der Waals surface area contributed by atoms with E-state index in [1.165, 1.54) is 48.9 Å². The molecule has 0 aliphatic rings. The summed E-state index contributed by atoms with van der Waals surface area (Å²) in [6.45, 7) is 3.22. The second-order valence-corrected chi connectivity index (χ2v) is 14.5. The van der Waals surface area contributed by atoms with Crippen LogP contribution in [-0.4, -0.2) is 15.0 Å². The number of nitriles is 1. The summed E-state index contributed by atoms with van der Waals surface area (Å²) in [5, 5.41) is 10.7. The van der Waals surface area contributed by atoms with Gasteiger partial charge in [-0.3, -0.25) is 15.0 Å². The second-order valence-electron chi connectivity index (χ2n) is 14.5. The maximum Gasteiger partial charge on any atom is 0.144 e. The van der Waals surface area contributed by atoms with Crippen LogP contribution in [0, 0.1) is 11.3 Å². The van der Waals surface area contributed by atoms with E-state index in [0.29, 0.717) is 44.6 Å². The number of rotatable bonds is 12. The highest BCUT2D eigenvalue weighted by atomic mass is 16.3. The Labute approximate surface area is 362 Å². The van der Waals surface area contributed by atoms with E-state index in [9.17, 15) is 19.0 Å². The summed E-state index contributed by atoms with van der Waals surface area (Å²) < 4.78 is 118. The summed E-state index contributed by atoms with van der Waals surface area (Å²) in [4.78, 5) is 13.6. The number of nitrogens with zero attached hydrogens (tertiary/aromatic N) is 4. The van der Waals surface area contributed by atoms with E-state index in [4.69, 9.17) is 12.1 Å². The lowest BCUT2D eigenvalue weighted by molar-refractivity contribution is 0.520. The van der Waals surface area contributed by atoms with Gasteiger partial charge in [0.05, 0.1) is 31.5 Å². The van der Waals surface area contributed by atoms with Gasteiger partial charge in [-0.1, -0.05) is 123 Å². The van der Waals surface area contributed by atoms with Gasteiger partial charge in [-0.2, -0.15) is 5.26 Å². The lowest BCUT2D eigenvalue weighted by atomic mass is 9.79. The predicted octanol–water partition coefficient (Wildman–Crippen LogP) is 12.7. The number of aromatic nitrogens is 3. The van der Waals surface area contributed by atoms with Gasteiger partial charge < -0.3 is 4.42 Å². The summed E-state index contributed by atoms with van der Waals surface area (Å²) in [7, 11) is 0. The van der Waals surface area contributed by atoms with Crippen molar-refractivity contribution in [2.24, 2.45) is 0 Å². The van der Waals surface area contributed by atoms with Crippen molar-refractivity contribution in [3.63, 3.8) is 0 Å². The molecule has 0 aliphatic heterocycles. The Morgan fingerprint density at radius 1 is 0.593 bits per heavy atom. The number of furan rings is 1. The highest BCUT2D eigenvalue weighted by Crippen LogP contribution is 2.37. The molecule has 4 heterocycles. The van der Waals surface area contributed by atoms with Gasteiger partial charge in [-0.05, 0) is 113 Å². The van der Waals surface area contributed by atoms with E-state index in [-0.39, 0.29) is 39.9 Å². The maximum absolute atomic E-state index is 9.83. The molecule has 9 aromatic rings. The fourth-order valence-corrected chi connectivity index (χ4v) is 6.91. The summed E-state index contributed by atoms with van der Waals surface area (Å²) in [5.74, 6) is 0. The standard InChI is InChI=1S/C54H44N4O/c1-54(2,45-23-27-51(58-36-45)48-15-9-14-47-46-24-20-41(33-55)31-52(46)59-53(47)48)32-42-29-39(18-16-37-21-25-49(56-34-37)43-10-5-3-6-11-43)28-40(30-42)19-17-38-22-26-50(57-35-38)44-12-7-4-8-13-44/h3-15,20-31,34-36H,16-19,32H2,1-2H3/i16D2,17D2,18D2,19D2,20D,31D,32D2. The molecule has 0 atom stereocenters. The van der Waals surface area contributed by atoms with Crippen LogP contribution in [0.5, 0.6) is 0 Å². The van der Waals surface area contributed by atoms with Gasteiger partial charge in [0.1, 0.15) is 11.2 Å². The Morgan fingerprint density at radius 3 is 1.73 bits per heavy atom. The zero-order valence-corrected chi connectivity index (χ0v) is 32.2. The van der Waals surface area contributed by atoms with Crippen LogP contribution in [0.4, 0.5) is 0 Å². The van der Waals surface area contributed by atoms with Crippen LogP contribution in [0.25, 0.3) is 55.7 Å². The van der Waals surface area contributed by atoms with Gasteiger partial charge in [-0.25, -0.2) is 0 Å². The van der Waals surface area contributed by atoms with Crippen LogP contribution in [0.3, 0.4) is 0 Å². The Bertz CT molecular complexity index is 3380. The van der Waals surface area contributed by atoms with Crippen molar-refractivity contribution in [3.8, 4) is 39.8 Å². The third-order valence-corrected chi connectivity index (χ3v) is 9.98. The van der Waals surface area contributed by atoms with Crippen LogP contribution < -0.4 is 0 Å². The molecule has 4 aromatic heterocycles. The first-order chi connectivity index (χ1) is 33.5. The van der Waals surface area contributed by atoms with Gasteiger partial charge in [0, 0.05) is 59.8 Å². The molecule has 0 unspecified atom stereocenters. The SMILES string of the molecule is [2H]c1cc2c(oc3c(-c4ccc(C(C)(C)C([2H])([2H])c5cc(C([2H])([2H])C([2H])([2H])c6ccc(-c7ccccc7)nc6)cc(C([2H])([2H])C([2H])([2H])c6ccc(-c7ccccc7)nc6)c5)cn4)cccc32)c([2H])c1C#N. The first-order valence-corrected chi connectivity index (χ1v) is 19.1. The third-order valence-electron chi connectivity index (χ3n) is 9.98. The average Bonchev–Trinajstić information content (AvgIpc) is 3.75. The molecule has 0 saturated heterocycles. The second kappa shape index (κ2) is 16.4. The van der Waals surface area contributed by atoms with Crippen LogP contribution in [0.2, 0.25) is 0 Å². The van der Waals surface area contributed by atoms with Crippen molar-refractivity contribution in [1.29, 1.82) is 5.26 Å². The van der Waals surface area contributed by atoms with Crippen molar-refractivity contribution in [2.45, 2.75) is 51.1 Å². The quantitative estimate of drug-likeness (QED) is 0.123. The van der Waals surface area contributed by atoms with Crippen LogP contribution in [-0.2, 0) is 37.3 Å². The fraction of sp³-hybridized carbons (Fsp3) is 0.148. The molecule has 0 saturated carbocycles. The molecule has 0 radical (unpaired) electrons. The minimum absolute atomic E-state index is 0.100. The molecular weight excluding hydrogens is 721 g/mol. The predicted molar refractivity (Wildman–Crippen MR) is 239 cm³/mol. The lowest BCUT2D eigenvalue weighted by Crippen LogP contribution is -2.21. The molecule has 59 heavy (non-hydrogen) atoms. The van der Waals surface area contributed by atoms with Crippen LogP contribution in [0.15, 0.2) is 175 Å². The molecule has 286 valence electrons. The highest BCUT2D eigenvalue weighted by molar-refractivity contribution is 6.09. The molecule has 5 heteroatoms. The average molecular weight is 777 g/mol. The summed E-state index contributed by atoms with van der Waals surface area (Å²) in [5.41, 5.74) is 1.49. The number of hydrogen-bond acceptors (Lipinski definition) is 5. The molecule has 0 bridgehead atoms. The largest absolute Gasteiger partial charge is 0.455 e. The number of benzene rings is 5. The van der Waals surface area contributed by atoms with Gasteiger partial charge in [-0.15, -0.1) is 0 Å². The van der Waals surface area contributed by atoms with Crippen molar-refractivity contribution in [2.75, 3.05) is 0 Å². The Hall–Kier alpha value is -7.16. The zero-order valence-electron chi connectivity index (χ0n) is 44.2. The van der Waals surface area contributed by atoms with E-state index in [2.05, 4.69) is 9.97 Å². The molecule has 5 aromatic carbocycles. The van der Waals surface area contributed by atoms with Gasteiger partial charge in [0.2, 0.25) is 0 Å². The normalized spacial score (nSPS) is 15.7. The minimum Gasteiger partial charge on any atom is -0.455 e. The monoisotopic (exact) mass is 776 g/mol. The van der Waals surface area contributed by atoms with E-state index in [1.54, 1.807) is 56.3 Å². The Balaban J connectivity index is 1.13. The van der Waals surface area contributed by atoms with Crippen LogP contribution in [0.1, 0.15) is 69.2 Å². The van der Waals surface area contributed by atoms with E-state index < -0.39 is 48.4 Å². The van der Waals surface area contributed by atoms with Gasteiger partial charge in [0.15, 0.2) is 0 Å². The molecule has 9 rings (SSSR count). The number of aryl methyl sites for hydroxylation is 4. The van der Waals surface area contributed by atoms with E-state index >= 15 is 0 Å². The molecular formula is C54H44N4O. The van der Waals surface area contributed by atoms with Crippen LogP contribution >= 0.6 is 0 Å². The first-order valence-electron chi connectivity index (χ1n) is 25.1. The fourth-order valence-electron chi connectivity index (χ4n) is 6.91. The van der Waals surface area contributed by atoms with Crippen molar-refractivity contribution in [1.82, 2.24) is 15.0 Å². The van der Waals surface area contributed by atoms with Crippen molar-refractivity contribution >= 4 is 21.9 Å².